The number of amides is 1. The van der Waals surface area contributed by atoms with E-state index >= 15 is 0 Å². The number of aryl methyl sites for hydroxylation is 2. The van der Waals surface area contributed by atoms with Crippen molar-refractivity contribution in [1.82, 2.24) is 0 Å². The molecule has 134 valence electrons. The molecule has 2 aromatic rings. The number of rotatable bonds is 3. The summed E-state index contributed by atoms with van der Waals surface area (Å²) in [6.07, 6.45) is 1.74. The average Bonchev–Trinajstić information content (AvgIpc) is 2.84. The monoisotopic (exact) mass is 449 g/mol. The maximum absolute atomic E-state index is 12.9. The lowest BCUT2D eigenvalue weighted by Crippen LogP contribution is -2.28. The van der Waals surface area contributed by atoms with Crippen molar-refractivity contribution >= 4 is 61.9 Å². The maximum atomic E-state index is 12.9. The molecule has 1 aliphatic heterocycles. The van der Waals surface area contributed by atoms with E-state index in [1.165, 1.54) is 24.9 Å². The number of phenols is 1. The van der Waals surface area contributed by atoms with Crippen LogP contribution < -0.4 is 9.64 Å². The van der Waals surface area contributed by atoms with Crippen molar-refractivity contribution in [1.29, 1.82) is 0 Å². The van der Waals surface area contributed by atoms with Gasteiger partial charge in [0.15, 0.2) is 15.8 Å². The van der Waals surface area contributed by atoms with Crippen LogP contribution in [0, 0.1) is 13.8 Å². The number of ether oxygens (including phenoxy) is 1. The molecule has 0 aliphatic carbocycles. The van der Waals surface area contributed by atoms with Gasteiger partial charge >= 0.3 is 0 Å². The molecule has 1 amide bonds. The summed E-state index contributed by atoms with van der Waals surface area (Å²) in [5.74, 6) is 0.203. The SMILES string of the molecule is COc1cc(/C=C2/SC(=S)N(c3ccc(C)cc3C)C2=O)c(Br)cc1O. The van der Waals surface area contributed by atoms with E-state index in [9.17, 15) is 9.90 Å². The molecular formula is C19H16BrNO3S2. The lowest BCUT2D eigenvalue weighted by atomic mass is 10.1. The van der Waals surface area contributed by atoms with E-state index in [-0.39, 0.29) is 11.7 Å². The van der Waals surface area contributed by atoms with Crippen molar-refractivity contribution in [3.05, 3.63) is 56.4 Å². The van der Waals surface area contributed by atoms with Crippen LogP contribution >= 0.6 is 39.9 Å². The zero-order valence-electron chi connectivity index (χ0n) is 14.4. The highest BCUT2D eigenvalue weighted by atomic mass is 79.9. The van der Waals surface area contributed by atoms with E-state index in [1.54, 1.807) is 17.0 Å². The summed E-state index contributed by atoms with van der Waals surface area (Å²) in [6.45, 7) is 3.97. The molecule has 1 N–H and O–H groups in total. The Morgan fingerprint density at radius 2 is 2.00 bits per heavy atom. The Labute approximate surface area is 170 Å². The van der Waals surface area contributed by atoms with Gasteiger partial charge in [-0.05, 0) is 49.2 Å². The predicted octanol–water partition coefficient (Wildman–Crippen LogP) is 5.19. The summed E-state index contributed by atoms with van der Waals surface area (Å²) in [7, 11) is 1.48. The van der Waals surface area contributed by atoms with Crippen LogP contribution in [0.3, 0.4) is 0 Å². The normalized spacial score (nSPS) is 15.8. The van der Waals surface area contributed by atoms with Crippen LogP contribution in [0.25, 0.3) is 6.08 Å². The second-order valence-corrected chi connectivity index (χ2v) is 8.38. The fourth-order valence-electron chi connectivity index (χ4n) is 2.71. The molecule has 0 atom stereocenters. The first kappa shape index (κ1) is 18.9. The van der Waals surface area contributed by atoms with Crippen molar-refractivity contribution in [3.63, 3.8) is 0 Å². The zero-order chi connectivity index (χ0) is 19.0. The lowest BCUT2D eigenvalue weighted by Gasteiger charge is -2.17. The molecule has 26 heavy (non-hydrogen) atoms. The first-order valence-corrected chi connectivity index (χ1v) is 9.75. The Hall–Kier alpha value is -1.83. The van der Waals surface area contributed by atoms with Crippen LogP contribution in [0.1, 0.15) is 16.7 Å². The van der Waals surface area contributed by atoms with Gasteiger partial charge in [0.25, 0.3) is 5.91 Å². The highest BCUT2D eigenvalue weighted by molar-refractivity contribution is 9.10. The number of aromatic hydroxyl groups is 1. The largest absolute Gasteiger partial charge is 0.504 e. The Bertz CT molecular complexity index is 956. The third kappa shape index (κ3) is 3.51. The van der Waals surface area contributed by atoms with Crippen molar-refractivity contribution in [2.75, 3.05) is 12.0 Å². The molecule has 0 saturated carbocycles. The van der Waals surface area contributed by atoms with Crippen molar-refractivity contribution in [3.8, 4) is 11.5 Å². The van der Waals surface area contributed by atoms with Crippen LogP contribution in [0.2, 0.25) is 0 Å². The van der Waals surface area contributed by atoms with Gasteiger partial charge in [0, 0.05) is 4.47 Å². The molecule has 3 rings (SSSR count). The van der Waals surface area contributed by atoms with Gasteiger partial charge in [0.2, 0.25) is 0 Å². The van der Waals surface area contributed by atoms with Gasteiger partial charge in [-0.25, -0.2) is 0 Å². The second kappa shape index (κ2) is 7.42. The summed E-state index contributed by atoms with van der Waals surface area (Å²) in [5.41, 5.74) is 3.65. The third-order valence-corrected chi connectivity index (χ3v) is 5.96. The fraction of sp³-hybridized carbons (Fsp3) is 0.158. The average molecular weight is 450 g/mol. The van der Waals surface area contributed by atoms with E-state index < -0.39 is 0 Å². The molecule has 0 unspecified atom stereocenters. The molecule has 0 bridgehead atoms. The zero-order valence-corrected chi connectivity index (χ0v) is 17.6. The second-order valence-electron chi connectivity index (χ2n) is 5.85. The van der Waals surface area contributed by atoms with Gasteiger partial charge < -0.3 is 9.84 Å². The minimum atomic E-state index is -0.161. The first-order valence-electron chi connectivity index (χ1n) is 7.73. The van der Waals surface area contributed by atoms with E-state index in [1.807, 2.05) is 32.0 Å². The summed E-state index contributed by atoms with van der Waals surface area (Å²) < 4.78 is 6.30. The number of hydrogen-bond acceptors (Lipinski definition) is 5. The Morgan fingerprint density at radius 3 is 2.65 bits per heavy atom. The molecule has 0 aromatic heterocycles. The number of methoxy groups -OCH3 is 1. The summed E-state index contributed by atoms with van der Waals surface area (Å²) in [6, 6.07) is 9.11. The summed E-state index contributed by atoms with van der Waals surface area (Å²) in [4.78, 5) is 15.0. The van der Waals surface area contributed by atoms with Crippen molar-refractivity contribution in [2.24, 2.45) is 0 Å². The number of nitrogens with zero attached hydrogens (tertiary/aromatic N) is 1. The van der Waals surface area contributed by atoms with E-state index in [0.717, 1.165) is 22.4 Å². The van der Waals surface area contributed by atoms with E-state index in [4.69, 9.17) is 17.0 Å². The van der Waals surface area contributed by atoms with Gasteiger partial charge in [-0.1, -0.05) is 57.6 Å². The summed E-state index contributed by atoms with van der Waals surface area (Å²) >= 11 is 10.1. The highest BCUT2D eigenvalue weighted by Gasteiger charge is 2.34. The quantitative estimate of drug-likeness (QED) is 0.516. The molecule has 1 aliphatic rings. The number of carbonyl (C=O) groups excluding carboxylic acids is 1. The first-order chi connectivity index (χ1) is 12.3. The molecule has 1 heterocycles. The van der Waals surface area contributed by atoms with Gasteiger partial charge in [0.1, 0.15) is 0 Å². The maximum Gasteiger partial charge on any atom is 0.270 e. The number of phenolic OH excluding ortho intramolecular Hbond substituents is 1. The Morgan fingerprint density at radius 1 is 1.27 bits per heavy atom. The van der Waals surface area contributed by atoms with Gasteiger partial charge in [-0.2, -0.15) is 0 Å². The topological polar surface area (TPSA) is 49.8 Å². The number of benzene rings is 2. The third-order valence-electron chi connectivity index (χ3n) is 3.97. The number of thiocarbonyl (C=S) groups is 1. The Kier molecular flexibility index (Phi) is 5.41. The van der Waals surface area contributed by atoms with Crippen LogP contribution in [-0.4, -0.2) is 22.4 Å². The van der Waals surface area contributed by atoms with Crippen molar-refractivity contribution in [2.45, 2.75) is 13.8 Å². The molecule has 4 nitrogen and oxygen atoms in total. The fourth-order valence-corrected chi connectivity index (χ4v) is 4.43. The molecule has 1 fully saturated rings. The summed E-state index contributed by atoms with van der Waals surface area (Å²) in [5, 5.41) is 9.84. The van der Waals surface area contributed by atoms with Gasteiger partial charge in [-0.3, -0.25) is 9.69 Å². The lowest BCUT2D eigenvalue weighted by molar-refractivity contribution is -0.113. The van der Waals surface area contributed by atoms with Crippen molar-refractivity contribution < 1.29 is 14.6 Å². The highest BCUT2D eigenvalue weighted by Crippen LogP contribution is 2.40. The number of thioether (sulfide) groups is 1. The smallest absolute Gasteiger partial charge is 0.270 e. The van der Waals surface area contributed by atoms with E-state index in [2.05, 4.69) is 15.9 Å². The van der Waals surface area contributed by atoms with Crippen LogP contribution in [-0.2, 0) is 4.79 Å². The molecule has 2 aromatic carbocycles. The number of halogens is 1. The van der Waals surface area contributed by atoms with Crippen LogP contribution in [0.4, 0.5) is 5.69 Å². The number of hydrogen-bond donors (Lipinski definition) is 1. The number of carbonyl (C=O) groups is 1. The molecule has 7 heteroatoms. The number of anilines is 1. The molecule has 1 saturated heterocycles. The Balaban J connectivity index is 2.00. The van der Waals surface area contributed by atoms with Gasteiger partial charge in [0.05, 0.1) is 17.7 Å². The van der Waals surface area contributed by atoms with Crippen LogP contribution in [0.5, 0.6) is 11.5 Å². The van der Waals surface area contributed by atoms with Crippen LogP contribution in [0.15, 0.2) is 39.7 Å². The minimum absolute atomic E-state index is 0.0272. The predicted molar refractivity (Wildman–Crippen MR) is 114 cm³/mol. The molecule has 0 spiro atoms. The minimum Gasteiger partial charge on any atom is -0.504 e. The van der Waals surface area contributed by atoms with Gasteiger partial charge in [-0.15, -0.1) is 0 Å². The molecular weight excluding hydrogens is 434 g/mol. The standard InChI is InChI=1S/C19H16BrNO3S2/c1-10-4-5-14(11(2)6-10)21-18(23)17(26-19(21)25)8-12-7-16(24-3)15(22)9-13(12)20/h4-9,22H,1-3H3/b17-8+. The molecule has 0 radical (unpaired) electrons. The van der Waals surface area contributed by atoms with E-state index in [0.29, 0.717) is 19.4 Å².